The molecule has 2 heterocycles. The van der Waals surface area contributed by atoms with Gasteiger partial charge in [0.25, 0.3) is 0 Å². The minimum atomic E-state index is 0.804. The molecule has 3 heteroatoms. The van der Waals surface area contributed by atoms with Crippen LogP contribution in [0.2, 0.25) is 5.32 Å². The Labute approximate surface area is 96.7 Å². The topological polar surface area (TPSA) is 0 Å². The molecule has 1 aromatic heterocycles. The van der Waals surface area contributed by atoms with Crippen LogP contribution in [0.1, 0.15) is 18.4 Å². The first-order valence-corrected chi connectivity index (χ1v) is 8.01. The summed E-state index contributed by atoms with van der Waals surface area (Å²) in [5, 5.41) is 5.87. The van der Waals surface area contributed by atoms with Gasteiger partial charge in [0.15, 0.2) is 0 Å². The van der Waals surface area contributed by atoms with Crippen LogP contribution < -0.4 is 0 Å². The first-order chi connectivity index (χ1) is 5.88. The zero-order valence-corrected chi connectivity index (χ0v) is 11.2. The fourth-order valence-electron chi connectivity index (χ4n) is 1.22. The predicted molar refractivity (Wildman–Crippen MR) is 65.1 cm³/mol. The van der Waals surface area contributed by atoms with E-state index in [-0.39, 0.29) is 0 Å². The van der Waals surface area contributed by atoms with Gasteiger partial charge >= 0.3 is 97.5 Å². The van der Waals surface area contributed by atoms with Crippen molar-refractivity contribution in [3.63, 3.8) is 0 Å². The van der Waals surface area contributed by atoms with E-state index in [1.165, 1.54) is 27.3 Å². The van der Waals surface area contributed by atoms with Crippen molar-refractivity contribution in [2.45, 2.75) is 18.2 Å². The maximum atomic E-state index is 2.51. The molecule has 0 nitrogen and oxygen atoms in total. The van der Waals surface area contributed by atoms with E-state index < -0.39 is 0 Å². The molecule has 64 valence electrons. The van der Waals surface area contributed by atoms with E-state index in [1.54, 1.807) is 15.8 Å². The molecule has 0 radical (unpaired) electrons. The number of thiophene rings is 1. The van der Waals surface area contributed by atoms with Gasteiger partial charge in [0.2, 0.25) is 0 Å². The van der Waals surface area contributed by atoms with Crippen LogP contribution in [0.3, 0.4) is 0 Å². The van der Waals surface area contributed by atoms with Gasteiger partial charge < -0.3 is 0 Å². The maximum absolute atomic E-state index is 2.51. The standard InChI is InChI=1S/C9H9ISSe/c10-9(7-3-4-11-6-7)8-2-1-5-12-8/h3-4,6H,1-2,5H2/b9-8+. The molecule has 1 aliphatic heterocycles. The average molecular weight is 355 g/mol. The molecule has 12 heavy (non-hydrogen) atoms. The van der Waals surface area contributed by atoms with E-state index in [2.05, 4.69) is 39.4 Å². The van der Waals surface area contributed by atoms with Gasteiger partial charge in [-0.05, 0) is 0 Å². The number of halogens is 1. The second-order valence-corrected chi connectivity index (χ2v) is 7.06. The molecule has 0 aliphatic carbocycles. The summed E-state index contributed by atoms with van der Waals surface area (Å²) < 4.78 is 3.27. The second kappa shape index (κ2) is 4.27. The van der Waals surface area contributed by atoms with E-state index in [9.17, 15) is 0 Å². The van der Waals surface area contributed by atoms with Crippen molar-refractivity contribution in [3.05, 3.63) is 26.9 Å². The summed E-state index contributed by atoms with van der Waals surface area (Å²) in [6.07, 6.45) is 2.78. The summed E-state index contributed by atoms with van der Waals surface area (Å²) in [5.41, 5.74) is 1.44. The third kappa shape index (κ3) is 1.95. The van der Waals surface area contributed by atoms with Crippen molar-refractivity contribution in [2.24, 2.45) is 0 Å². The molecule has 0 saturated carbocycles. The summed E-state index contributed by atoms with van der Waals surface area (Å²) in [4.78, 5) is 0. The normalized spacial score (nSPS) is 21.4. The molecule has 0 unspecified atom stereocenters. The van der Waals surface area contributed by atoms with Gasteiger partial charge in [-0.2, -0.15) is 0 Å². The fourth-order valence-corrected chi connectivity index (χ4v) is 5.74. The first-order valence-electron chi connectivity index (χ1n) is 3.92. The predicted octanol–water partition coefficient (Wildman–Crippen LogP) is 3.77. The molecule has 0 aromatic carbocycles. The van der Waals surface area contributed by atoms with Crippen molar-refractivity contribution in [3.8, 4) is 0 Å². The first kappa shape index (κ1) is 9.25. The Morgan fingerprint density at radius 2 is 2.50 bits per heavy atom. The summed E-state index contributed by atoms with van der Waals surface area (Å²) in [6, 6.07) is 2.23. The van der Waals surface area contributed by atoms with Crippen LogP contribution in [0.5, 0.6) is 0 Å². The SMILES string of the molecule is I/C(=C1\CCC[Se]1)c1ccsc1. The molecule has 0 bridgehead atoms. The van der Waals surface area contributed by atoms with Crippen LogP contribution in [-0.4, -0.2) is 15.0 Å². The number of allylic oxidation sites excluding steroid dienone is 1. The summed E-state index contributed by atoms with van der Waals surface area (Å²) in [7, 11) is 0. The summed E-state index contributed by atoms with van der Waals surface area (Å²) in [5.74, 6) is 0. The minimum absolute atomic E-state index is 0.804. The van der Waals surface area contributed by atoms with Crippen molar-refractivity contribution >= 4 is 52.5 Å². The van der Waals surface area contributed by atoms with Crippen molar-refractivity contribution < 1.29 is 0 Å². The zero-order valence-electron chi connectivity index (χ0n) is 6.55. The molecule has 0 spiro atoms. The van der Waals surface area contributed by atoms with Crippen LogP contribution in [0.4, 0.5) is 0 Å². The Morgan fingerprint density at radius 3 is 3.08 bits per heavy atom. The Morgan fingerprint density at radius 1 is 1.58 bits per heavy atom. The van der Waals surface area contributed by atoms with Gasteiger partial charge in [-0.25, -0.2) is 0 Å². The third-order valence-electron chi connectivity index (χ3n) is 1.84. The molecule has 0 amide bonds. The summed E-state index contributed by atoms with van der Waals surface area (Å²) in [6.45, 7) is 0. The molecule has 0 N–H and O–H groups in total. The van der Waals surface area contributed by atoms with Crippen LogP contribution in [-0.2, 0) is 0 Å². The fraction of sp³-hybridized carbons (Fsp3) is 0.333. The second-order valence-electron chi connectivity index (χ2n) is 2.70. The number of hydrogen-bond acceptors (Lipinski definition) is 1. The molecule has 1 aliphatic rings. The molecule has 1 saturated heterocycles. The van der Waals surface area contributed by atoms with Crippen LogP contribution in [0.15, 0.2) is 21.3 Å². The zero-order chi connectivity index (χ0) is 8.39. The van der Waals surface area contributed by atoms with Crippen molar-refractivity contribution in [2.75, 3.05) is 0 Å². The van der Waals surface area contributed by atoms with E-state index in [0.717, 1.165) is 15.0 Å². The summed E-state index contributed by atoms with van der Waals surface area (Å²) >= 11 is 5.11. The van der Waals surface area contributed by atoms with Crippen molar-refractivity contribution in [1.29, 1.82) is 0 Å². The molecule has 1 fully saturated rings. The van der Waals surface area contributed by atoms with Crippen molar-refractivity contribution in [1.82, 2.24) is 0 Å². The van der Waals surface area contributed by atoms with Gasteiger partial charge in [-0.15, -0.1) is 0 Å². The van der Waals surface area contributed by atoms with Gasteiger partial charge in [-0.1, -0.05) is 0 Å². The third-order valence-corrected chi connectivity index (χ3v) is 7.24. The van der Waals surface area contributed by atoms with E-state index >= 15 is 0 Å². The Balaban J connectivity index is 2.28. The van der Waals surface area contributed by atoms with Crippen LogP contribution in [0, 0.1) is 0 Å². The van der Waals surface area contributed by atoms with Gasteiger partial charge in [0.05, 0.1) is 0 Å². The Kier molecular flexibility index (Phi) is 3.29. The van der Waals surface area contributed by atoms with E-state index in [1.807, 2.05) is 0 Å². The van der Waals surface area contributed by atoms with Gasteiger partial charge in [-0.3, -0.25) is 0 Å². The van der Waals surface area contributed by atoms with Crippen LogP contribution in [0.25, 0.3) is 3.58 Å². The molecular formula is C9H9ISSe. The number of rotatable bonds is 1. The molecule has 2 rings (SSSR count). The Hall–Kier alpha value is 0.689. The van der Waals surface area contributed by atoms with Gasteiger partial charge in [0, 0.05) is 0 Å². The average Bonchev–Trinajstić information content (AvgIpc) is 2.77. The quantitative estimate of drug-likeness (QED) is 0.532. The molecule has 0 atom stereocenters. The molecular weight excluding hydrogens is 346 g/mol. The van der Waals surface area contributed by atoms with Gasteiger partial charge in [0.1, 0.15) is 0 Å². The van der Waals surface area contributed by atoms with E-state index in [4.69, 9.17) is 0 Å². The Bertz CT molecular complexity index is 281. The number of hydrogen-bond donors (Lipinski definition) is 0. The van der Waals surface area contributed by atoms with Crippen LogP contribution >= 0.6 is 33.9 Å². The molecule has 1 aromatic rings. The van der Waals surface area contributed by atoms with E-state index in [0.29, 0.717) is 0 Å². The monoisotopic (exact) mass is 356 g/mol.